The van der Waals surface area contributed by atoms with Gasteiger partial charge in [-0.05, 0) is 36.6 Å². The number of guanidine groups is 1. The Kier molecular flexibility index (Phi) is 8.21. The molecule has 29 heavy (non-hydrogen) atoms. The summed E-state index contributed by atoms with van der Waals surface area (Å²) in [6, 6.07) is 14.9. The average Bonchev–Trinajstić information content (AvgIpc) is 2.68. The van der Waals surface area contributed by atoms with Crippen LogP contribution in [0.5, 0.6) is 0 Å². The number of rotatable bonds is 8. The van der Waals surface area contributed by atoms with Gasteiger partial charge in [-0.15, -0.1) is 0 Å². The first-order valence-corrected chi connectivity index (χ1v) is 11.3. The van der Waals surface area contributed by atoms with Gasteiger partial charge in [0, 0.05) is 19.3 Å². The lowest BCUT2D eigenvalue weighted by molar-refractivity contribution is -0.120. The standard InChI is InChI=1S/C21H28N4O3S/c1-4-22-21(25-15-20(26)23-13-17-8-6-5-7-9-17)24-14-18-10-11-19(16(2)12-18)29(3,27)28/h5-12H,4,13-15H2,1-3H3,(H,23,26)(H2,22,24,25). The Hall–Kier alpha value is -2.87. The van der Waals surface area contributed by atoms with Crippen LogP contribution in [0.15, 0.2) is 58.4 Å². The monoisotopic (exact) mass is 416 g/mol. The van der Waals surface area contributed by atoms with Crippen molar-refractivity contribution in [3.63, 3.8) is 0 Å². The van der Waals surface area contributed by atoms with E-state index in [1.807, 2.05) is 43.3 Å². The van der Waals surface area contributed by atoms with Gasteiger partial charge in [0.2, 0.25) is 5.91 Å². The highest BCUT2D eigenvalue weighted by Crippen LogP contribution is 2.17. The fourth-order valence-electron chi connectivity index (χ4n) is 2.76. The molecule has 8 heteroatoms. The Bertz CT molecular complexity index is 957. The number of aryl methyl sites for hydroxylation is 1. The molecule has 0 aliphatic heterocycles. The van der Waals surface area contributed by atoms with E-state index in [1.165, 1.54) is 6.26 Å². The van der Waals surface area contributed by atoms with Crippen LogP contribution in [0.3, 0.4) is 0 Å². The van der Waals surface area contributed by atoms with Crippen molar-refractivity contribution in [2.75, 3.05) is 19.3 Å². The molecule has 3 N–H and O–H groups in total. The highest BCUT2D eigenvalue weighted by Gasteiger charge is 2.11. The molecule has 0 aromatic heterocycles. The molecule has 2 aromatic carbocycles. The zero-order valence-corrected chi connectivity index (χ0v) is 17.8. The molecule has 7 nitrogen and oxygen atoms in total. The van der Waals surface area contributed by atoms with E-state index < -0.39 is 9.84 Å². The lowest BCUT2D eigenvalue weighted by Gasteiger charge is -2.12. The summed E-state index contributed by atoms with van der Waals surface area (Å²) in [5.74, 6) is 0.389. The molecule has 0 bridgehead atoms. The largest absolute Gasteiger partial charge is 0.357 e. The van der Waals surface area contributed by atoms with E-state index in [4.69, 9.17) is 0 Å². The molecule has 156 valence electrons. The third-order valence-corrected chi connectivity index (χ3v) is 5.41. The number of carbonyl (C=O) groups is 1. The molecule has 0 aliphatic carbocycles. The fraction of sp³-hybridized carbons (Fsp3) is 0.333. The average molecular weight is 417 g/mol. The molecular weight excluding hydrogens is 388 g/mol. The highest BCUT2D eigenvalue weighted by atomic mass is 32.2. The van der Waals surface area contributed by atoms with Crippen molar-refractivity contribution in [1.82, 2.24) is 16.0 Å². The van der Waals surface area contributed by atoms with Crippen LogP contribution in [0.2, 0.25) is 0 Å². The number of nitrogens with zero attached hydrogens (tertiary/aromatic N) is 1. The van der Waals surface area contributed by atoms with Gasteiger partial charge in [0.25, 0.3) is 0 Å². The van der Waals surface area contributed by atoms with Crippen LogP contribution in [0.1, 0.15) is 23.6 Å². The van der Waals surface area contributed by atoms with Crippen molar-refractivity contribution in [1.29, 1.82) is 0 Å². The normalized spacial score (nSPS) is 11.8. The van der Waals surface area contributed by atoms with Crippen LogP contribution in [0.25, 0.3) is 0 Å². The van der Waals surface area contributed by atoms with Gasteiger partial charge in [-0.2, -0.15) is 0 Å². The topological polar surface area (TPSA) is 99.7 Å². The summed E-state index contributed by atoms with van der Waals surface area (Å²) in [7, 11) is -3.24. The molecule has 0 spiro atoms. The summed E-state index contributed by atoms with van der Waals surface area (Å²) in [6.07, 6.45) is 1.20. The molecule has 0 atom stereocenters. The molecule has 0 fully saturated rings. The molecule has 0 heterocycles. The minimum atomic E-state index is -3.24. The summed E-state index contributed by atoms with van der Waals surface area (Å²) in [5, 5.41) is 8.96. The van der Waals surface area contributed by atoms with E-state index in [2.05, 4.69) is 20.9 Å². The Balaban J connectivity index is 1.92. The Morgan fingerprint density at radius 2 is 1.72 bits per heavy atom. The number of hydrogen-bond donors (Lipinski definition) is 3. The van der Waals surface area contributed by atoms with E-state index in [9.17, 15) is 13.2 Å². The summed E-state index contributed by atoms with van der Waals surface area (Å²) >= 11 is 0. The lowest BCUT2D eigenvalue weighted by Crippen LogP contribution is -2.43. The molecule has 0 saturated heterocycles. The van der Waals surface area contributed by atoms with Gasteiger partial charge in [-0.25, -0.2) is 13.4 Å². The smallest absolute Gasteiger partial charge is 0.239 e. The van der Waals surface area contributed by atoms with Crippen molar-refractivity contribution < 1.29 is 13.2 Å². The number of hydrogen-bond acceptors (Lipinski definition) is 4. The first-order valence-electron chi connectivity index (χ1n) is 9.42. The second kappa shape index (κ2) is 10.6. The fourth-order valence-corrected chi connectivity index (χ4v) is 3.72. The second-order valence-corrected chi connectivity index (χ2v) is 8.67. The molecule has 2 aromatic rings. The maximum Gasteiger partial charge on any atom is 0.239 e. The quantitative estimate of drug-likeness (QED) is 0.450. The SMILES string of the molecule is CCNC(=NCc1ccc(S(C)(=O)=O)c(C)c1)NCC(=O)NCc1ccccc1. The number of benzene rings is 2. The van der Waals surface area contributed by atoms with Crippen LogP contribution in [-0.2, 0) is 27.7 Å². The lowest BCUT2D eigenvalue weighted by atomic mass is 10.1. The van der Waals surface area contributed by atoms with E-state index in [0.717, 1.165) is 11.1 Å². The van der Waals surface area contributed by atoms with Crippen molar-refractivity contribution in [2.24, 2.45) is 4.99 Å². The molecule has 0 saturated carbocycles. The van der Waals surface area contributed by atoms with Crippen LogP contribution >= 0.6 is 0 Å². The molecule has 0 radical (unpaired) electrons. The van der Waals surface area contributed by atoms with Gasteiger partial charge in [0.15, 0.2) is 15.8 Å². The van der Waals surface area contributed by atoms with Crippen LogP contribution in [-0.4, -0.2) is 39.6 Å². The van der Waals surface area contributed by atoms with Crippen LogP contribution < -0.4 is 16.0 Å². The predicted octanol–water partition coefficient (Wildman–Crippen LogP) is 1.77. The Labute approximate surface area is 172 Å². The van der Waals surface area contributed by atoms with Crippen molar-refractivity contribution in [2.45, 2.75) is 31.8 Å². The van der Waals surface area contributed by atoms with E-state index in [0.29, 0.717) is 36.1 Å². The second-order valence-electron chi connectivity index (χ2n) is 6.68. The van der Waals surface area contributed by atoms with Gasteiger partial charge >= 0.3 is 0 Å². The van der Waals surface area contributed by atoms with E-state index >= 15 is 0 Å². The first kappa shape index (κ1) is 22.4. The van der Waals surface area contributed by atoms with E-state index in [-0.39, 0.29) is 12.5 Å². The molecular formula is C21H28N4O3S. The first-order chi connectivity index (χ1) is 13.8. The summed E-state index contributed by atoms with van der Waals surface area (Å²) in [5.41, 5.74) is 2.62. The zero-order valence-electron chi connectivity index (χ0n) is 17.0. The number of sulfone groups is 1. The van der Waals surface area contributed by atoms with Gasteiger partial charge < -0.3 is 16.0 Å². The third-order valence-electron chi connectivity index (χ3n) is 4.15. The minimum absolute atomic E-state index is 0.102. The zero-order chi connectivity index (χ0) is 21.3. The maximum absolute atomic E-state index is 12.1. The molecule has 2 rings (SSSR count). The number of carbonyl (C=O) groups excluding carboxylic acids is 1. The van der Waals surface area contributed by atoms with E-state index in [1.54, 1.807) is 19.1 Å². The number of aliphatic imine (C=N–C) groups is 1. The minimum Gasteiger partial charge on any atom is -0.357 e. The van der Waals surface area contributed by atoms with Gasteiger partial charge in [0.05, 0.1) is 18.0 Å². The summed E-state index contributed by atoms with van der Waals surface area (Å²) in [6.45, 7) is 5.31. The predicted molar refractivity (Wildman–Crippen MR) is 115 cm³/mol. The van der Waals surface area contributed by atoms with Crippen LogP contribution in [0, 0.1) is 6.92 Å². The number of nitrogens with one attached hydrogen (secondary N) is 3. The van der Waals surface area contributed by atoms with Gasteiger partial charge in [-0.1, -0.05) is 42.5 Å². The Morgan fingerprint density at radius 1 is 1.00 bits per heavy atom. The summed E-state index contributed by atoms with van der Waals surface area (Å²) < 4.78 is 23.4. The molecule has 0 aliphatic rings. The third kappa shape index (κ3) is 7.57. The molecule has 0 unspecified atom stereocenters. The molecule has 1 amide bonds. The summed E-state index contributed by atoms with van der Waals surface area (Å²) in [4.78, 5) is 16.9. The number of amides is 1. The van der Waals surface area contributed by atoms with Crippen LogP contribution in [0.4, 0.5) is 0 Å². The Morgan fingerprint density at radius 3 is 2.34 bits per heavy atom. The van der Waals surface area contributed by atoms with Gasteiger partial charge in [0.1, 0.15) is 0 Å². The van der Waals surface area contributed by atoms with Crippen molar-refractivity contribution in [3.8, 4) is 0 Å². The maximum atomic E-state index is 12.1. The van der Waals surface area contributed by atoms with Crippen molar-refractivity contribution in [3.05, 3.63) is 65.2 Å². The highest BCUT2D eigenvalue weighted by molar-refractivity contribution is 7.90. The van der Waals surface area contributed by atoms with Crippen molar-refractivity contribution >= 4 is 21.7 Å². The van der Waals surface area contributed by atoms with Gasteiger partial charge in [-0.3, -0.25) is 4.79 Å².